The molecule has 2 aromatic rings. The number of rotatable bonds is 3. The van der Waals surface area contributed by atoms with E-state index in [1.54, 1.807) is 0 Å². The topological polar surface area (TPSA) is 24.1 Å². The molecule has 0 bridgehead atoms. The summed E-state index contributed by atoms with van der Waals surface area (Å²) in [4.78, 5) is 0. The van der Waals surface area contributed by atoms with Gasteiger partial charge in [-0.05, 0) is 45.6 Å². The molecule has 0 saturated carbocycles. The molecule has 0 spiro atoms. The molecule has 0 amide bonds. The largest absolute Gasteiger partial charge is 0.384 e. The molecular formula is C15H13BrClFN2. The second-order valence-electron chi connectivity index (χ2n) is 4.73. The van der Waals surface area contributed by atoms with Crippen molar-refractivity contribution in [3.8, 4) is 0 Å². The number of para-hydroxylation sites is 1. The van der Waals surface area contributed by atoms with Crippen LogP contribution in [0.1, 0.15) is 11.1 Å². The normalized spacial score (nSPS) is 12.9. The minimum Gasteiger partial charge on any atom is -0.384 e. The second kappa shape index (κ2) is 5.62. The van der Waals surface area contributed by atoms with Gasteiger partial charge in [-0.25, -0.2) is 4.39 Å². The number of benzene rings is 2. The molecule has 2 N–H and O–H groups in total. The van der Waals surface area contributed by atoms with Gasteiger partial charge in [0.1, 0.15) is 5.82 Å². The third-order valence-corrected chi connectivity index (χ3v) is 4.32. The monoisotopic (exact) mass is 354 g/mol. The van der Waals surface area contributed by atoms with Crippen LogP contribution in [0.3, 0.4) is 0 Å². The fourth-order valence-corrected chi connectivity index (χ4v) is 3.41. The van der Waals surface area contributed by atoms with E-state index in [1.165, 1.54) is 28.9 Å². The van der Waals surface area contributed by atoms with Crippen molar-refractivity contribution in [1.82, 2.24) is 0 Å². The zero-order chi connectivity index (χ0) is 14.1. The van der Waals surface area contributed by atoms with Crippen LogP contribution < -0.4 is 10.6 Å². The number of hydrogen-bond donors (Lipinski definition) is 2. The molecule has 5 heteroatoms. The lowest BCUT2D eigenvalue weighted by molar-refractivity contribution is 0.627. The van der Waals surface area contributed by atoms with Crippen molar-refractivity contribution in [2.75, 3.05) is 17.2 Å². The molecule has 20 heavy (non-hydrogen) atoms. The first-order valence-electron chi connectivity index (χ1n) is 6.38. The zero-order valence-corrected chi connectivity index (χ0v) is 13.0. The molecule has 2 aromatic carbocycles. The summed E-state index contributed by atoms with van der Waals surface area (Å²) in [6.07, 6.45) is 1.06. The van der Waals surface area contributed by atoms with Crippen molar-refractivity contribution in [3.05, 3.63) is 56.8 Å². The Bertz CT molecular complexity index is 637. The Balaban J connectivity index is 1.83. The van der Waals surface area contributed by atoms with Crippen LogP contribution in [0, 0.1) is 5.82 Å². The van der Waals surface area contributed by atoms with Crippen molar-refractivity contribution in [3.63, 3.8) is 0 Å². The van der Waals surface area contributed by atoms with Gasteiger partial charge in [0.2, 0.25) is 0 Å². The van der Waals surface area contributed by atoms with E-state index >= 15 is 0 Å². The van der Waals surface area contributed by atoms with Crippen LogP contribution in [-0.2, 0) is 13.0 Å². The van der Waals surface area contributed by atoms with Crippen LogP contribution in [0.2, 0.25) is 5.02 Å². The summed E-state index contributed by atoms with van der Waals surface area (Å²) in [7, 11) is 0. The molecule has 0 unspecified atom stereocenters. The Labute approximate surface area is 130 Å². The van der Waals surface area contributed by atoms with E-state index in [9.17, 15) is 4.39 Å². The molecule has 0 fully saturated rings. The SMILES string of the molecule is Fc1cc(Cl)c(NCc2cccc3c2NCC3)c(Br)c1. The Morgan fingerprint density at radius 1 is 1.35 bits per heavy atom. The lowest BCUT2D eigenvalue weighted by atomic mass is 10.1. The molecule has 1 aliphatic rings. The van der Waals surface area contributed by atoms with E-state index < -0.39 is 0 Å². The van der Waals surface area contributed by atoms with Crippen LogP contribution in [0.25, 0.3) is 0 Å². The van der Waals surface area contributed by atoms with Gasteiger partial charge >= 0.3 is 0 Å². The van der Waals surface area contributed by atoms with E-state index in [0.29, 0.717) is 21.7 Å². The molecule has 3 rings (SSSR count). The third kappa shape index (κ3) is 2.63. The molecule has 104 valence electrons. The van der Waals surface area contributed by atoms with Crippen LogP contribution in [0.4, 0.5) is 15.8 Å². The lowest BCUT2D eigenvalue weighted by Gasteiger charge is -2.13. The van der Waals surface area contributed by atoms with Gasteiger partial charge in [-0.3, -0.25) is 0 Å². The summed E-state index contributed by atoms with van der Waals surface area (Å²) in [6.45, 7) is 1.62. The zero-order valence-electron chi connectivity index (χ0n) is 10.6. The van der Waals surface area contributed by atoms with Crippen molar-refractivity contribution < 1.29 is 4.39 Å². The average molecular weight is 356 g/mol. The average Bonchev–Trinajstić information content (AvgIpc) is 2.86. The standard InChI is InChI=1S/C15H13BrClFN2/c16-12-6-11(18)7-13(17)15(12)20-8-10-3-1-2-9-4-5-19-14(9)10/h1-3,6-7,19-20H,4-5,8H2. The maximum absolute atomic E-state index is 13.2. The molecule has 0 atom stereocenters. The van der Waals surface area contributed by atoms with Crippen molar-refractivity contribution in [2.24, 2.45) is 0 Å². The number of anilines is 2. The molecule has 0 radical (unpaired) electrons. The summed E-state index contributed by atoms with van der Waals surface area (Å²) in [5, 5.41) is 7.04. The third-order valence-electron chi connectivity index (χ3n) is 3.40. The van der Waals surface area contributed by atoms with Gasteiger partial charge in [-0.2, -0.15) is 0 Å². The van der Waals surface area contributed by atoms with Gasteiger partial charge < -0.3 is 10.6 Å². The molecule has 0 aromatic heterocycles. The van der Waals surface area contributed by atoms with Crippen LogP contribution in [-0.4, -0.2) is 6.54 Å². The van der Waals surface area contributed by atoms with Crippen LogP contribution in [0.5, 0.6) is 0 Å². The van der Waals surface area contributed by atoms with Gasteiger partial charge in [-0.1, -0.05) is 29.8 Å². The van der Waals surface area contributed by atoms with Gasteiger partial charge in [0.15, 0.2) is 0 Å². The fraction of sp³-hybridized carbons (Fsp3) is 0.200. The number of fused-ring (bicyclic) bond motifs is 1. The highest BCUT2D eigenvalue weighted by Gasteiger charge is 2.14. The van der Waals surface area contributed by atoms with E-state index in [0.717, 1.165) is 13.0 Å². The number of nitrogens with one attached hydrogen (secondary N) is 2. The molecule has 0 aliphatic carbocycles. The van der Waals surface area contributed by atoms with E-state index in [-0.39, 0.29) is 5.82 Å². The highest BCUT2D eigenvalue weighted by molar-refractivity contribution is 9.10. The first-order valence-corrected chi connectivity index (χ1v) is 7.55. The summed E-state index contributed by atoms with van der Waals surface area (Å²) < 4.78 is 13.8. The maximum atomic E-state index is 13.2. The smallest absolute Gasteiger partial charge is 0.125 e. The van der Waals surface area contributed by atoms with Crippen molar-refractivity contribution in [1.29, 1.82) is 0 Å². The van der Waals surface area contributed by atoms with Crippen LogP contribution >= 0.6 is 27.5 Å². The predicted octanol–water partition coefficient (Wildman–Crippen LogP) is 4.82. The number of halogens is 3. The summed E-state index contributed by atoms with van der Waals surface area (Å²) in [6, 6.07) is 8.99. The first kappa shape index (κ1) is 13.7. The Morgan fingerprint density at radius 3 is 3.00 bits per heavy atom. The fourth-order valence-electron chi connectivity index (χ4n) is 2.45. The summed E-state index contributed by atoms with van der Waals surface area (Å²) >= 11 is 9.40. The summed E-state index contributed by atoms with van der Waals surface area (Å²) in [5.74, 6) is -0.352. The van der Waals surface area contributed by atoms with Gasteiger partial charge in [0.25, 0.3) is 0 Å². The maximum Gasteiger partial charge on any atom is 0.125 e. The Kier molecular flexibility index (Phi) is 3.85. The first-order chi connectivity index (χ1) is 9.65. The molecule has 2 nitrogen and oxygen atoms in total. The molecular weight excluding hydrogens is 343 g/mol. The highest BCUT2D eigenvalue weighted by atomic mass is 79.9. The van der Waals surface area contributed by atoms with Gasteiger partial charge in [0, 0.05) is 23.2 Å². The van der Waals surface area contributed by atoms with Crippen molar-refractivity contribution >= 4 is 38.9 Å². The lowest BCUT2D eigenvalue weighted by Crippen LogP contribution is -2.04. The molecule has 1 aliphatic heterocycles. The number of hydrogen-bond acceptors (Lipinski definition) is 2. The minimum atomic E-state index is -0.352. The molecule has 0 saturated heterocycles. The predicted molar refractivity (Wildman–Crippen MR) is 85.1 cm³/mol. The van der Waals surface area contributed by atoms with Crippen molar-refractivity contribution in [2.45, 2.75) is 13.0 Å². The Morgan fingerprint density at radius 2 is 2.20 bits per heavy atom. The second-order valence-corrected chi connectivity index (χ2v) is 5.99. The van der Waals surface area contributed by atoms with E-state index in [4.69, 9.17) is 11.6 Å². The molecule has 1 heterocycles. The van der Waals surface area contributed by atoms with Crippen LogP contribution in [0.15, 0.2) is 34.8 Å². The Hall–Kier alpha value is -1.26. The highest BCUT2D eigenvalue weighted by Crippen LogP contribution is 2.33. The summed E-state index contributed by atoms with van der Waals surface area (Å²) in [5.41, 5.74) is 4.44. The quantitative estimate of drug-likeness (QED) is 0.824. The van der Waals surface area contributed by atoms with E-state index in [1.807, 2.05) is 0 Å². The van der Waals surface area contributed by atoms with Gasteiger partial charge in [0.05, 0.1) is 10.7 Å². The van der Waals surface area contributed by atoms with Gasteiger partial charge in [-0.15, -0.1) is 0 Å². The minimum absolute atomic E-state index is 0.352. The van der Waals surface area contributed by atoms with E-state index in [2.05, 4.69) is 44.8 Å².